The van der Waals surface area contributed by atoms with Crippen LogP contribution >= 0.6 is 0 Å². The lowest BCUT2D eigenvalue weighted by Gasteiger charge is -2.13. The van der Waals surface area contributed by atoms with Crippen LogP contribution in [0.15, 0.2) is 47.6 Å². The van der Waals surface area contributed by atoms with Crippen molar-refractivity contribution in [2.45, 2.75) is 32.9 Å². The van der Waals surface area contributed by atoms with Crippen LogP contribution in [0.1, 0.15) is 30.5 Å². The summed E-state index contributed by atoms with van der Waals surface area (Å²) < 4.78 is 38.1. The first kappa shape index (κ1) is 22.9. The van der Waals surface area contributed by atoms with Crippen molar-refractivity contribution in [1.29, 1.82) is 0 Å². The molecule has 0 saturated heterocycles. The Balaban J connectivity index is 1.87. The highest BCUT2D eigenvalue weighted by Gasteiger charge is 2.30. The molecule has 9 heteroatoms. The lowest BCUT2D eigenvalue weighted by Crippen LogP contribution is -2.19. The number of carbonyl (C=O) groups is 2. The Hall–Kier alpha value is -3.36. The summed E-state index contributed by atoms with van der Waals surface area (Å²) in [5.41, 5.74) is 1.80. The van der Waals surface area contributed by atoms with Crippen molar-refractivity contribution in [2.24, 2.45) is 5.16 Å². The minimum atomic E-state index is -4.51. The highest BCUT2D eigenvalue weighted by Crippen LogP contribution is 2.30. The van der Waals surface area contributed by atoms with Crippen LogP contribution in [0.2, 0.25) is 0 Å². The first-order valence-electron chi connectivity index (χ1n) is 9.28. The molecule has 0 aliphatic rings. The molecule has 0 aliphatic heterocycles. The van der Waals surface area contributed by atoms with E-state index in [2.05, 4.69) is 15.8 Å². The number of halogens is 3. The van der Waals surface area contributed by atoms with Crippen LogP contribution in [0, 0.1) is 0 Å². The van der Waals surface area contributed by atoms with Gasteiger partial charge in [-0.05, 0) is 42.2 Å². The second-order valence-corrected chi connectivity index (χ2v) is 6.28. The second-order valence-electron chi connectivity index (χ2n) is 6.28. The van der Waals surface area contributed by atoms with E-state index >= 15 is 0 Å². The van der Waals surface area contributed by atoms with Gasteiger partial charge in [-0.15, -0.1) is 0 Å². The van der Waals surface area contributed by atoms with Gasteiger partial charge in [0.2, 0.25) is 0 Å². The number of anilines is 2. The molecule has 0 aromatic heterocycles. The van der Waals surface area contributed by atoms with Gasteiger partial charge in [-0.25, -0.2) is 0 Å². The number of para-hydroxylation sites is 1. The highest BCUT2D eigenvalue weighted by atomic mass is 19.4. The van der Waals surface area contributed by atoms with E-state index in [9.17, 15) is 22.8 Å². The Labute approximate surface area is 172 Å². The number of nitrogens with zero attached hydrogens (tertiary/aromatic N) is 1. The number of rotatable bonds is 8. The van der Waals surface area contributed by atoms with E-state index < -0.39 is 30.2 Å². The topological polar surface area (TPSA) is 79.8 Å². The summed E-state index contributed by atoms with van der Waals surface area (Å²) in [6.45, 7) is 3.54. The predicted molar refractivity (Wildman–Crippen MR) is 108 cm³/mol. The van der Waals surface area contributed by atoms with Crippen molar-refractivity contribution in [3.05, 3.63) is 59.2 Å². The van der Waals surface area contributed by atoms with Gasteiger partial charge < -0.3 is 15.5 Å². The largest absolute Gasteiger partial charge is 0.416 e. The quantitative estimate of drug-likeness (QED) is 0.490. The number of hydrogen-bond donors (Lipinski definition) is 2. The molecule has 2 aromatic rings. The summed E-state index contributed by atoms with van der Waals surface area (Å²) in [7, 11) is 0. The Bertz CT molecular complexity index is 905. The molecule has 0 saturated carbocycles. The highest BCUT2D eigenvalue weighted by molar-refractivity contribution is 6.31. The molecule has 0 unspecified atom stereocenters. The number of nitrogens with one attached hydrogen (secondary N) is 2. The molecule has 2 N–H and O–H groups in total. The molecular weight excluding hydrogens is 399 g/mol. The SMILES string of the molecule is CCc1cccc(CC)c1NC(=O)CO/N=C/C(=O)Nc1cccc(C(F)(F)F)c1. The molecule has 160 valence electrons. The van der Waals surface area contributed by atoms with Crippen LogP contribution in [0.5, 0.6) is 0 Å². The standard InChI is InChI=1S/C21H22F3N3O3/c1-3-14-7-5-8-15(4-2)20(14)27-19(29)13-30-25-12-18(28)26-17-10-6-9-16(11-17)21(22,23)24/h5-12H,3-4,13H2,1-2H3,(H,26,28)(H,27,29)/b25-12+. The third-order valence-corrected chi connectivity index (χ3v) is 4.16. The van der Waals surface area contributed by atoms with Gasteiger partial charge in [0.15, 0.2) is 6.61 Å². The zero-order chi connectivity index (χ0) is 22.1. The number of aryl methyl sites for hydroxylation is 2. The van der Waals surface area contributed by atoms with E-state index in [-0.39, 0.29) is 5.69 Å². The van der Waals surface area contributed by atoms with Gasteiger partial charge in [0.25, 0.3) is 11.8 Å². The van der Waals surface area contributed by atoms with Crippen LogP contribution in [0.3, 0.4) is 0 Å². The maximum Gasteiger partial charge on any atom is 0.416 e. The molecular formula is C21H22F3N3O3. The number of carbonyl (C=O) groups excluding carboxylic acids is 2. The molecule has 2 aromatic carbocycles. The van der Waals surface area contributed by atoms with E-state index in [4.69, 9.17) is 4.84 Å². The fourth-order valence-corrected chi connectivity index (χ4v) is 2.71. The Morgan fingerprint density at radius 1 is 1.03 bits per heavy atom. The summed E-state index contributed by atoms with van der Waals surface area (Å²) in [5, 5.41) is 8.41. The first-order valence-corrected chi connectivity index (χ1v) is 9.28. The van der Waals surface area contributed by atoms with Crippen LogP contribution in [0.25, 0.3) is 0 Å². The maximum atomic E-state index is 12.7. The zero-order valence-corrected chi connectivity index (χ0v) is 16.5. The Morgan fingerprint density at radius 3 is 2.27 bits per heavy atom. The second kappa shape index (κ2) is 10.4. The van der Waals surface area contributed by atoms with Gasteiger partial charge in [0.05, 0.1) is 5.56 Å². The Morgan fingerprint density at radius 2 is 1.67 bits per heavy atom. The smallest absolute Gasteiger partial charge is 0.385 e. The molecule has 0 spiro atoms. The maximum absolute atomic E-state index is 12.7. The van der Waals surface area contributed by atoms with Crippen molar-refractivity contribution in [2.75, 3.05) is 17.2 Å². The molecule has 6 nitrogen and oxygen atoms in total. The van der Waals surface area contributed by atoms with Crippen LogP contribution < -0.4 is 10.6 Å². The third kappa shape index (κ3) is 6.61. The van der Waals surface area contributed by atoms with E-state index in [1.807, 2.05) is 32.0 Å². The molecule has 0 heterocycles. The molecule has 2 amide bonds. The summed E-state index contributed by atoms with van der Waals surface area (Å²) in [5.74, 6) is -1.24. The molecule has 30 heavy (non-hydrogen) atoms. The minimum absolute atomic E-state index is 0.0396. The number of oxime groups is 1. The first-order chi connectivity index (χ1) is 14.2. The van der Waals surface area contributed by atoms with Gasteiger partial charge in [0.1, 0.15) is 6.21 Å². The van der Waals surface area contributed by atoms with Crippen LogP contribution in [-0.2, 0) is 33.4 Å². The normalized spacial score (nSPS) is 11.4. The predicted octanol–water partition coefficient (Wildman–Crippen LogP) is 4.41. The van der Waals surface area contributed by atoms with Gasteiger partial charge in [-0.2, -0.15) is 13.2 Å². The monoisotopic (exact) mass is 421 g/mol. The van der Waals surface area contributed by atoms with Crippen molar-refractivity contribution in [3.63, 3.8) is 0 Å². The van der Waals surface area contributed by atoms with Crippen molar-refractivity contribution < 1.29 is 27.6 Å². The minimum Gasteiger partial charge on any atom is -0.385 e. The molecule has 0 aliphatic carbocycles. The number of benzene rings is 2. The van der Waals surface area contributed by atoms with E-state index in [1.165, 1.54) is 12.1 Å². The van der Waals surface area contributed by atoms with E-state index in [0.29, 0.717) is 0 Å². The summed E-state index contributed by atoms with van der Waals surface area (Å²) in [4.78, 5) is 28.7. The van der Waals surface area contributed by atoms with Gasteiger partial charge >= 0.3 is 6.18 Å². The van der Waals surface area contributed by atoms with Gasteiger partial charge in [0, 0.05) is 11.4 Å². The van der Waals surface area contributed by atoms with Gasteiger partial charge in [-0.1, -0.05) is 43.3 Å². The third-order valence-electron chi connectivity index (χ3n) is 4.16. The van der Waals surface area contributed by atoms with Crippen molar-refractivity contribution in [3.8, 4) is 0 Å². The average molecular weight is 421 g/mol. The lowest BCUT2D eigenvalue weighted by atomic mass is 10.0. The molecule has 0 atom stereocenters. The fourth-order valence-electron chi connectivity index (χ4n) is 2.71. The average Bonchev–Trinajstić information content (AvgIpc) is 2.71. The fraction of sp³-hybridized carbons (Fsp3) is 0.286. The number of hydrogen-bond acceptors (Lipinski definition) is 4. The van der Waals surface area contributed by atoms with E-state index in [0.717, 1.165) is 48.0 Å². The van der Waals surface area contributed by atoms with Crippen molar-refractivity contribution >= 4 is 29.4 Å². The number of alkyl halides is 3. The summed E-state index contributed by atoms with van der Waals surface area (Å²) in [6.07, 6.45) is -2.28. The van der Waals surface area contributed by atoms with Crippen LogP contribution in [-0.4, -0.2) is 24.6 Å². The van der Waals surface area contributed by atoms with Crippen molar-refractivity contribution in [1.82, 2.24) is 0 Å². The molecule has 0 radical (unpaired) electrons. The molecule has 0 bridgehead atoms. The summed E-state index contributed by atoms with van der Waals surface area (Å²) >= 11 is 0. The van der Waals surface area contributed by atoms with E-state index in [1.54, 1.807) is 0 Å². The summed E-state index contributed by atoms with van der Waals surface area (Å²) in [6, 6.07) is 9.96. The zero-order valence-electron chi connectivity index (χ0n) is 16.5. The Kier molecular flexibility index (Phi) is 7.97. The molecule has 2 rings (SSSR count). The lowest BCUT2D eigenvalue weighted by molar-refractivity contribution is -0.137. The number of amides is 2. The molecule has 0 fully saturated rings. The van der Waals surface area contributed by atoms with Gasteiger partial charge in [-0.3, -0.25) is 9.59 Å². The van der Waals surface area contributed by atoms with Crippen LogP contribution in [0.4, 0.5) is 24.5 Å².